The molecule has 0 fully saturated rings. The van der Waals surface area contributed by atoms with Gasteiger partial charge >= 0.3 is 29.6 Å². The molecule has 0 radical (unpaired) electrons. The molecule has 1 aliphatic rings. The molecule has 1 heterocycles. The molecule has 0 saturated carbocycles. The zero-order valence-corrected chi connectivity index (χ0v) is 13.3. The molecule has 0 bridgehead atoms. The van der Waals surface area contributed by atoms with Crippen molar-refractivity contribution in [1.29, 1.82) is 0 Å². The molecule has 0 unspecified atom stereocenters. The van der Waals surface area contributed by atoms with E-state index in [-0.39, 0.29) is 48.4 Å². The first-order valence-corrected chi connectivity index (χ1v) is 6.90. The molecule has 6 nitrogen and oxygen atoms in total. The average molecular weight is 290 g/mol. The van der Waals surface area contributed by atoms with E-state index in [2.05, 4.69) is 5.10 Å². The third kappa shape index (κ3) is 4.70. The van der Waals surface area contributed by atoms with Crippen molar-refractivity contribution in [3.05, 3.63) is 35.9 Å². The van der Waals surface area contributed by atoms with Gasteiger partial charge in [0, 0.05) is 0 Å². The summed E-state index contributed by atoms with van der Waals surface area (Å²) in [6, 6.07) is 9.14. The molecule has 0 spiro atoms. The Morgan fingerprint density at radius 3 is 2.47 bits per heavy atom. The van der Waals surface area contributed by atoms with Crippen LogP contribution in [0.4, 0.5) is 0 Å². The fourth-order valence-corrected chi connectivity index (χ4v) is 2.03. The minimum Gasteiger partial charge on any atom is -0.748 e. The van der Waals surface area contributed by atoms with Crippen molar-refractivity contribution in [3.8, 4) is 0 Å². The van der Waals surface area contributed by atoms with E-state index in [9.17, 15) is 17.8 Å². The maximum absolute atomic E-state index is 11.6. The monoisotopic (exact) mass is 290 g/mol. The second-order valence-corrected chi connectivity index (χ2v) is 5.39. The molecule has 0 N–H and O–H groups in total. The van der Waals surface area contributed by atoms with Crippen LogP contribution in [0.3, 0.4) is 0 Å². The number of hydrazone groups is 1. The summed E-state index contributed by atoms with van der Waals surface area (Å²) in [6.07, 6.45) is 0.128. The average Bonchev–Trinajstić information content (AvgIpc) is 2.68. The number of benzene rings is 1. The SMILES string of the molecule is O=C1CC(c2ccccc2)=NN1CCS(=O)(=O)[O-].[Na+]. The molecule has 96 valence electrons. The summed E-state index contributed by atoms with van der Waals surface area (Å²) in [6.45, 7) is -0.193. The molecule has 1 amide bonds. The van der Waals surface area contributed by atoms with Crippen molar-refractivity contribution in [2.45, 2.75) is 6.42 Å². The number of nitrogens with zero attached hydrogens (tertiary/aromatic N) is 2. The molecule has 19 heavy (non-hydrogen) atoms. The molecule has 1 aromatic rings. The summed E-state index contributed by atoms with van der Waals surface area (Å²) >= 11 is 0. The zero-order valence-electron chi connectivity index (χ0n) is 10.4. The number of amides is 1. The van der Waals surface area contributed by atoms with E-state index in [0.29, 0.717) is 5.71 Å². The van der Waals surface area contributed by atoms with Crippen LogP contribution in [0, 0.1) is 0 Å². The summed E-state index contributed by atoms with van der Waals surface area (Å²) in [4.78, 5) is 11.6. The van der Waals surface area contributed by atoms with Crippen molar-refractivity contribution in [3.63, 3.8) is 0 Å². The fourth-order valence-electron chi connectivity index (χ4n) is 1.63. The van der Waals surface area contributed by atoms with Crippen molar-refractivity contribution < 1.29 is 47.3 Å². The third-order valence-electron chi connectivity index (χ3n) is 2.51. The van der Waals surface area contributed by atoms with Crippen LogP contribution in [0.25, 0.3) is 0 Å². The van der Waals surface area contributed by atoms with Crippen LogP contribution in [0.5, 0.6) is 0 Å². The first-order valence-electron chi connectivity index (χ1n) is 5.32. The quantitative estimate of drug-likeness (QED) is 0.442. The first-order chi connectivity index (χ1) is 8.46. The summed E-state index contributed by atoms with van der Waals surface area (Å²) in [5.74, 6) is -0.915. The second kappa shape index (κ2) is 6.62. The van der Waals surface area contributed by atoms with E-state index in [0.717, 1.165) is 10.6 Å². The van der Waals surface area contributed by atoms with Gasteiger partial charge in [-0.15, -0.1) is 0 Å². The van der Waals surface area contributed by atoms with Gasteiger partial charge in [-0.2, -0.15) is 5.10 Å². The Labute approximate surface area is 133 Å². The van der Waals surface area contributed by atoms with Crippen LogP contribution in [0.2, 0.25) is 0 Å². The van der Waals surface area contributed by atoms with Gasteiger partial charge in [0.1, 0.15) is 0 Å². The number of hydrogen-bond donors (Lipinski definition) is 0. The van der Waals surface area contributed by atoms with Crippen LogP contribution >= 0.6 is 0 Å². The first kappa shape index (κ1) is 16.3. The predicted molar refractivity (Wildman–Crippen MR) is 63.9 cm³/mol. The van der Waals surface area contributed by atoms with Crippen molar-refractivity contribution in [1.82, 2.24) is 5.01 Å². The van der Waals surface area contributed by atoms with Gasteiger partial charge in [0.15, 0.2) is 0 Å². The van der Waals surface area contributed by atoms with E-state index < -0.39 is 15.9 Å². The van der Waals surface area contributed by atoms with Gasteiger partial charge in [0.05, 0.1) is 34.5 Å². The Kier molecular flexibility index (Phi) is 5.69. The Bertz CT molecular complexity index is 586. The molecule has 1 aliphatic heterocycles. The van der Waals surface area contributed by atoms with Crippen LogP contribution in [-0.4, -0.2) is 41.9 Å². The van der Waals surface area contributed by atoms with Gasteiger partial charge in [-0.1, -0.05) is 30.3 Å². The van der Waals surface area contributed by atoms with Crippen LogP contribution < -0.4 is 29.6 Å². The van der Waals surface area contributed by atoms with Gasteiger partial charge in [-0.25, -0.2) is 13.4 Å². The van der Waals surface area contributed by atoms with Gasteiger partial charge in [-0.05, 0) is 5.56 Å². The van der Waals surface area contributed by atoms with E-state index >= 15 is 0 Å². The minimum atomic E-state index is -4.33. The van der Waals surface area contributed by atoms with Crippen molar-refractivity contribution in [2.24, 2.45) is 5.10 Å². The number of hydrogen-bond acceptors (Lipinski definition) is 5. The second-order valence-electron chi connectivity index (χ2n) is 3.87. The molecule has 0 atom stereocenters. The molecule has 8 heteroatoms. The summed E-state index contributed by atoms with van der Waals surface area (Å²) in [7, 11) is -4.33. The van der Waals surface area contributed by atoms with Crippen LogP contribution in [0.15, 0.2) is 35.4 Å². The number of carbonyl (C=O) groups excluding carboxylic acids is 1. The number of carbonyl (C=O) groups is 1. The molecule has 1 aromatic carbocycles. The maximum Gasteiger partial charge on any atom is 1.00 e. The Morgan fingerprint density at radius 2 is 1.89 bits per heavy atom. The predicted octanol–water partition coefficient (Wildman–Crippen LogP) is -2.83. The van der Waals surface area contributed by atoms with Gasteiger partial charge in [-0.3, -0.25) is 4.79 Å². The van der Waals surface area contributed by atoms with E-state index in [1.807, 2.05) is 30.3 Å². The molecule has 2 rings (SSSR count). The normalized spacial score (nSPS) is 15.1. The minimum absolute atomic E-state index is 0. The molecule has 0 aliphatic carbocycles. The molecular weight excluding hydrogens is 279 g/mol. The summed E-state index contributed by atoms with van der Waals surface area (Å²) in [5, 5.41) is 5.08. The Morgan fingerprint density at radius 1 is 1.26 bits per heavy atom. The molecular formula is C11H11N2NaO4S. The summed E-state index contributed by atoms with van der Waals surface area (Å²) < 4.78 is 31.5. The van der Waals surface area contributed by atoms with E-state index in [1.165, 1.54) is 0 Å². The van der Waals surface area contributed by atoms with Gasteiger partial charge in [0.2, 0.25) is 5.91 Å². The van der Waals surface area contributed by atoms with E-state index in [1.54, 1.807) is 0 Å². The molecule has 0 saturated heterocycles. The number of rotatable bonds is 4. The van der Waals surface area contributed by atoms with Crippen LogP contribution in [0.1, 0.15) is 12.0 Å². The van der Waals surface area contributed by atoms with Gasteiger partial charge in [0.25, 0.3) is 0 Å². The summed E-state index contributed by atoms with van der Waals surface area (Å²) in [5.41, 5.74) is 1.40. The van der Waals surface area contributed by atoms with Crippen molar-refractivity contribution in [2.75, 3.05) is 12.3 Å². The smallest absolute Gasteiger partial charge is 0.748 e. The Hall–Kier alpha value is -0.730. The van der Waals surface area contributed by atoms with Crippen molar-refractivity contribution >= 4 is 21.7 Å². The van der Waals surface area contributed by atoms with Gasteiger partial charge < -0.3 is 4.55 Å². The zero-order chi connectivity index (χ0) is 13.2. The fraction of sp³-hybridized carbons (Fsp3) is 0.273. The Balaban J connectivity index is 0.00000180. The van der Waals surface area contributed by atoms with Crippen LogP contribution in [-0.2, 0) is 14.9 Å². The van der Waals surface area contributed by atoms with E-state index in [4.69, 9.17) is 0 Å². The topological polar surface area (TPSA) is 89.9 Å². The standard InChI is InChI=1S/C11H12N2O4S.Na/c14-11-8-10(9-4-2-1-3-5-9)12-13(11)6-7-18(15,16)17;/h1-5H,6-8H2,(H,15,16,17);/q;+1/p-1. The largest absolute Gasteiger partial charge is 1.00 e. The molecule has 0 aromatic heterocycles. The third-order valence-corrected chi connectivity index (χ3v) is 3.19. The maximum atomic E-state index is 11.6.